The van der Waals surface area contributed by atoms with Gasteiger partial charge >= 0.3 is 5.89 Å². The molecule has 0 spiro atoms. The van der Waals surface area contributed by atoms with Crippen molar-refractivity contribution in [2.45, 2.75) is 34.2 Å². The maximum absolute atomic E-state index is 6.07. The molecule has 0 N–H and O–H groups in total. The van der Waals surface area contributed by atoms with Crippen molar-refractivity contribution in [3.63, 3.8) is 0 Å². The average Bonchev–Trinajstić information content (AvgIpc) is 3.12. The van der Waals surface area contributed by atoms with Gasteiger partial charge in [0.05, 0.1) is 11.1 Å². The summed E-state index contributed by atoms with van der Waals surface area (Å²) in [5.74, 6) is 2.10. The number of aromatic nitrogens is 1. The van der Waals surface area contributed by atoms with Gasteiger partial charge in [0.1, 0.15) is 6.54 Å². The van der Waals surface area contributed by atoms with Gasteiger partial charge in [0.15, 0.2) is 0 Å². The molecule has 130 valence electrons. The van der Waals surface area contributed by atoms with Gasteiger partial charge in [0.2, 0.25) is 5.58 Å². The molecule has 5 heteroatoms. The average molecular weight is 456 g/mol. The van der Waals surface area contributed by atoms with E-state index >= 15 is 0 Å². The van der Waals surface area contributed by atoms with Gasteiger partial charge in [-0.2, -0.15) is 4.57 Å². The molecule has 0 radical (unpaired) electrons. The van der Waals surface area contributed by atoms with E-state index < -0.39 is 0 Å². The monoisotopic (exact) mass is 456 g/mol. The van der Waals surface area contributed by atoms with E-state index in [1.54, 1.807) is 0 Å². The molecule has 0 amide bonds. The summed E-state index contributed by atoms with van der Waals surface area (Å²) in [5, 5.41) is 1.36. The van der Waals surface area contributed by atoms with Crippen LogP contribution in [0, 0.1) is 13.8 Å². The molecule has 2 aromatic rings. The molecule has 1 aromatic carbocycles. The van der Waals surface area contributed by atoms with Crippen LogP contribution in [0.3, 0.4) is 0 Å². The van der Waals surface area contributed by atoms with Crippen LogP contribution in [0.15, 0.2) is 33.7 Å². The van der Waals surface area contributed by atoms with E-state index in [2.05, 4.69) is 67.5 Å². The second kappa shape index (κ2) is 8.43. The molecule has 1 aliphatic heterocycles. The highest BCUT2D eigenvalue weighted by Gasteiger charge is 2.20. The Hall–Kier alpha value is -0.950. The third-order valence-corrected chi connectivity index (χ3v) is 5.52. The number of hydrogen-bond donors (Lipinski definition) is 0. The summed E-state index contributed by atoms with van der Waals surface area (Å²) in [6, 6.07) is 4.36. The second-order valence-corrected chi connectivity index (χ2v) is 7.00. The first kappa shape index (κ1) is 19.4. The van der Waals surface area contributed by atoms with Crippen LogP contribution in [0.25, 0.3) is 17.2 Å². The van der Waals surface area contributed by atoms with Crippen molar-refractivity contribution >= 4 is 28.9 Å². The summed E-state index contributed by atoms with van der Waals surface area (Å²) >= 11 is 1.93. The lowest BCUT2D eigenvalue weighted by Crippen LogP contribution is -3.00. The second-order valence-electron chi connectivity index (χ2n) is 5.88. The van der Waals surface area contributed by atoms with E-state index in [4.69, 9.17) is 4.42 Å². The number of thioether (sulfide) groups is 1. The van der Waals surface area contributed by atoms with Gasteiger partial charge in [-0.05, 0) is 57.0 Å². The Labute approximate surface area is 165 Å². The van der Waals surface area contributed by atoms with Crippen LogP contribution < -0.4 is 28.5 Å². The topological polar surface area (TPSA) is 20.3 Å². The molecule has 0 bridgehead atoms. The highest BCUT2D eigenvalue weighted by molar-refractivity contribution is 8.03. The van der Waals surface area contributed by atoms with Crippen LogP contribution in [0.2, 0.25) is 0 Å². The molecule has 3 rings (SSSR count). The number of allylic oxidation sites excluding steroid dienone is 2. The molecule has 1 aliphatic rings. The van der Waals surface area contributed by atoms with E-state index in [1.165, 1.54) is 27.4 Å². The Bertz CT molecular complexity index is 779. The first-order chi connectivity index (χ1) is 11.1. The van der Waals surface area contributed by atoms with E-state index in [9.17, 15) is 0 Å². The van der Waals surface area contributed by atoms with Crippen LogP contribution in [0.5, 0.6) is 0 Å². The van der Waals surface area contributed by atoms with Crippen molar-refractivity contribution in [2.75, 3.05) is 18.8 Å². The third kappa shape index (κ3) is 3.82. The number of rotatable bonds is 4. The molecule has 1 aromatic heterocycles. The summed E-state index contributed by atoms with van der Waals surface area (Å²) in [5.41, 5.74) is 4.72. The van der Waals surface area contributed by atoms with Gasteiger partial charge in [0, 0.05) is 24.9 Å². The minimum absolute atomic E-state index is 0. The number of aryl methyl sites for hydroxylation is 3. The SMILES string of the molecule is CCN1CCS/C1=C\C=C\c1oc2cc(C)c(C)cc2[n+]1CC.[I-]. The lowest BCUT2D eigenvalue weighted by atomic mass is 10.1. The molecule has 24 heavy (non-hydrogen) atoms. The molecule has 2 heterocycles. The molecular weight excluding hydrogens is 431 g/mol. The Kier molecular flexibility index (Phi) is 6.80. The van der Waals surface area contributed by atoms with Crippen molar-refractivity contribution in [3.05, 3.63) is 46.3 Å². The van der Waals surface area contributed by atoms with Gasteiger partial charge in [-0.15, -0.1) is 11.8 Å². The smallest absolute Gasteiger partial charge is 0.374 e. The summed E-state index contributed by atoms with van der Waals surface area (Å²) in [6.07, 6.45) is 6.39. The zero-order chi connectivity index (χ0) is 16.4. The Morgan fingerprint density at radius 1 is 1.25 bits per heavy atom. The van der Waals surface area contributed by atoms with Crippen molar-refractivity contribution in [1.82, 2.24) is 4.90 Å². The number of nitrogens with zero attached hydrogens (tertiary/aromatic N) is 2. The first-order valence-corrected chi connectivity index (χ1v) is 9.32. The number of hydrogen-bond acceptors (Lipinski definition) is 3. The quantitative estimate of drug-likeness (QED) is 0.511. The van der Waals surface area contributed by atoms with Crippen molar-refractivity contribution in [3.8, 4) is 0 Å². The lowest BCUT2D eigenvalue weighted by molar-refractivity contribution is -0.674. The molecule has 1 saturated heterocycles. The van der Waals surface area contributed by atoms with Gasteiger partial charge in [-0.3, -0.25) is 0 Å². The summed E-state index contributed by atoms with van der Waals surface area (Å²) < 4.78 is 8.30. The number of halogens is 1. The molecule has 0 aliphatic carbocycles. The zero-order valence-corrected chi connectivity index (χ0v) is 17.8. The Morgan fingerprint density at radius 3 is 2.71 bits per heavy atom. The van der Waals surface area contributed by atoms with Crippen molar-refractivity contribution < 1.29 is 33.0 Å². The van der Waals surface area contributed by atoms with E-state index in [1.807, 2.05) is 11.8 Å². The maximum Gasteiger partial charge on any atom is 0.374 e. The van der Waals surface area contributed by atoms with Gasteiger partial charge in [-0.25, -0.2) is 0 Å². The zero-order valence-electron chi connectivity index (χ0n) is 14.8. The Morgan fingerprint density at radius 2 is 2.00 bits per heavy atom. The summed E-state index contributed by atoms with van der Waals surface area (Å²) in [4.78, 5) is 2.41. The van der Waals surface area contributed by atoms with Gasteiger partial charge in [0.25, 0.3) is 5.52 Å². The maximum atomic E-state index is 6.07. The van der Waals surface area contributed by atoms with Crippen molar-refractivity contribution in [1.29, 1.82) is 0 Å². The molecule has 1 fully saturated rings. The lowest BCUT2D eigenvalue weighted by Gasteiger charge is -2.14. The van der Waals surface area contributed by atoms with E-state index in [-0.39, 0.29) is 24.0 Å². The van der Waals surface area contributed by atoms with Crippen LogP contribution in [0.4, 0.5) is 0 Å². The predicted octanol–water partition coefficient (Wildman–Crippen LogP) is 1.28. The van der Waals surface area contributed by atoms with Crippen LogP contribution in [-0.4, -0.2) is 23.7 Å². The van der Waals surface area contributed by atoms with E-state index in [0.717, 1.165) is 31.1 Å². The fourth-order valence-electron chi connectivity index (χ4n) is 2.95. The molecule has 3 nitrogen and oxygen atoms in total. The fourth-order valence-corrected chi connectivity index (χ4v) is 4.04. The predicted molar refractivity (Wildman–Crippen MR) is 98.4 cm³/mol. The Balaban J connectivity index is 0.00000208. The molecule has 0 atom stereocenters. The largest absolute Gasteiger partial charge is 1.00 e. The number of oxazole rings is 1. The molecule has 0 unspecified atom stereocenters. The van der Waals surface area contributed by atoms with Gasteiger partial charge in [-0.1, -0.05) is 0 Å². The summed E-state index contributed by atoms with van der Waals surface area (Å²) in [7, 11) is 0. The number of benzene rings is 1. The first-order valence-electron chi connectivity index (χ1n) is 8.33. The minimum atomic E-state index is 0. The van der Waals surface area contributed by atoms with Gasteiger partial charge < -0.3 is 33.3 Å². The van der Waals surface area contributed by atoms with Crippen molar-refractivity contribution in [2.24, 2.45) is 0 Å². The van der Waals surface area contributed by atoms with Crippen LogP contribution in [-0.2, 0) is 6.54 Å². The standard InChI is InChI=1S/C19H25N2OS.HI/c1-5-20-10-11-23-19(20)9-7-8-18-21(6-2)16-12-14(3)15(4)13-17(16)22-18;/h7-9,12-13H,5-6,10-11H2,1-4H3;1H/q+1;/p-1. The number of fused-ring (bicyclic) bond motifs is 1. The third-order valence-electron chi connectivity index (χ3n) is 4.45. The highest BCUT2D eigenvalue weighted by Crippen LogP contribution is 2.27. The summed E-state index contributed by atoms with van der Waals surface area (Å²) in [6.45, 7) is 11.8. The molecular formula is C19H25IN2OS. The highest BCUT2D eigenvalue weighted by atomic mass is 127. The molecule has 0 saturated carbocycles. The van der Waals surface area contributed by atoms with Crippen LogP contribution in [0.1, 0.15) is 30.9 Å². The normalized spacial score (nSPS) is 16.5. The van der Waals surface area contributed by atoms with E-state index in [0.29, 0.717) is 0 Å². The fraction of sp³-hybridized carbons (Fsp3) is 0.421. The minimum Gasteiger partial charge on any atom is -1.00 e. The van der Waals surface area contributed by atoms with Crippen LogP contribution >= 0.6 is 11.8 Å².